The molecule has 0 aliphatic rings. The van der Waals surface area contributed by atoms with Crippen molar-refractivity contribution in [3.63, 3.8) is 0 Å². The van der Waals surface area contributed by atoms with Crippen molar-refractivity contribution in [3.8, 4) is 11.6 Å². The summed E-state index contributed by atoms with van der Waals surface area (Å²) in [5.74, 6) is 0.929. The number of ketones is 1. The van der Waals surface area contributed by atoms with Gasteiger partial charge in [-0.05, 0) is 43.8 Å². The molecule has 2 aromatic heterocycles. The molecule has 0 saturated heterocycles. The van der Waals surface area contributed by atoms with Crippen LogP contribution in [0.2, 0.25) is 0 Å². The van der Waals surface area contributed by atoms with Crippen LogP contribution in [-0.4, -0.2) is 25.5 Å². The summed E-state index contributed by atoms with van der Waals surface area (Å²) in [6.45, 7) is 3.93. The monoisotopic (exact) mass is 358 g/mol. The third kappa shape index (κ3) is 3.31. The van der Waals surface area contributed by atoms with Crippen LogP contribution in [-0.2, 0) is 6.54 Å². The quantitative estimate of drug-likeness (QED) is 0.375. The van der Waals surface area contributed by atoms with Crippen LogP contribution in [0.25, 0.3) is 11.6 Å². The van der Waals surface area contributed by atoms with Gasteiger partial charge >= 0.3 is 0 Å². The molecule has 0 spiro atoms. The van der Waals surface area contributed by atoms with Crippen LogP contribution in [0.15, 0.2) is 51.1 Å². The highest BCUT2D eigenvalue weighted by Crippen LogP contribution is 2.33. The lowest BCUT2D eigenvalue weighted by molar-refractivity contribution is -0.384. The van der Waals surface area contributed by atoms with Gasteiger partial charge in [-0.3, -0.25) is 19.5 Å². The number of rotatable bonds is 6. The molecule has 0 bridgehead atoms. The molecule has 3 rings (SSSR count). The van der Waals surface area contributed by atoms with Gasteiger partial charge in [0.05, 0.1) is 11.2 Å². The summed E-state index contributed by atoms with van der Waals surface area (Å²) in [5.41, 5.74) is 0.159. The molecule has 0 N–H and O–H groups in total. The van der Waals surface area contributed by atoms with E-state index in [2.05, 4.69) is 10.2 Å². The smallest absolute Gasteiger partial charge is 0.270 e. The lowest BCUT2D eigenvalue weighted by Crippen LogP contribution is -2.01. The van der Waals surface area contributed by atoms with Crippen molar-refractivity contribution >= 4 is 23.2 Å². The Morgan fingerprint density at radius 2 is 2.16 bits per heavy atom. The molecular weight excluding hydrogens is 344 g/mol. The third-order valence-corrected chi connectivity index (χ3v) is 4.59. The van der Waals surface area contributed by atoms with Crippen LogP contribution >= 0.6 is 11.8 Å². The van der Waals surface area contributed by atoms with Crippen LogP contribution < -0.4 is 0 Å². The molecule has 25 heavy (non-hydrogen) atoms. The van der Waals surface area contributed by atoms with E-state index in [1.54, 1.807) is 24.5 Å². The van der Waals surface area contributed by atoms with Crippen molar-refractivity contribution in [2.45, 2.75) is 30.4 Å². The molecule has 0 radical (unpaired) electrons. The van der Waals surface area contributed by atoms with Crippen molar-refractivity contribution in [2.75, 3.05) is 0 Å². The molecule has 3 aromatic rings. The summed E-state index contributed by atoms with van der Waals surface area (Å²) in [6.07, 6.45) is 1.56. The Labute approximate surface area is 147 Å². The molecule has 2 heterocycles. The highest BCUT2D eigenvalue weighted by Gasteiger charge is 2.19. The first kappa shape index (κ1) is 16.9. The summed E-state index contributed by atoms with van der Waals surface area (Å²) in [6, 6.07) is 7.76. The second-order valence-electron chi connectivity index (χ2n) is 5.12. The van der Waals surface area contributed by atoms with Gasteiger partial charge in [0.25, 0.3) is 5.69 Å². The number of furan rings is 1. The molecule has 8 nitrogen and oxygen atoms in total. The molecule has 1 aromatic carbocycles. The lowest BCUT2D eigenvalue weighted by Gasteiger charge is -2.08. The molecule has 0 aliphatic heterocycles. The van der Waals surface area contributed by atoms with Gasteiger partial charge in [0.1, 0.15) is 0 Å². The molecule has 0 atom stereocenters. The van der Waals surface area contributed by atoms with Crippen molar-refractivity contribution < 1.29 is 14.1 Å². The fourth-order valence-corrected chi connectivity index (χ4v) is 3.38. The number of nitro groups is 1. The topological polar surface area (TPSA) is 104 Å². The molecular formula is C16H14N4O4S. The number of non-ortho nitro benzene ring substituents is 1. The van der Waals surface area contributed by atoms with Gasteiger partial charge in [-0.15, -0.1) is 10.2 Å². The van der Waals surface area contributed by atoms with Gasteiger partial charge in [-0.2, -0.15) is 0 Å². The van der Waals surface area contributed by atoms with E-state index in [1.165, 1.54) is 30.8 Å². The average Bonchev–Trinajstić information content (AvgIpc) is 3.23. The van der Waals surface area contributed by atoms with E-state index in [4.69, 9.17) is 4.42 Å². The Morgan fingerprint density at radius 3 is 2.76 bits per heavy atom. The maximum atomic E-state index is 11.9. The zero-order chi connectivity index (χ0) is 18.0. The van der Waals surface area contributed by atoms with Gasteiger partial charge in [0.2, 0.25) is 0 Å². The first-order valence-corrected chi connectivity index (χ1v) is 8.27. The van der Waals surface area contributed by atoms with Crippen LogP contribution in [0, 0.1) is 10.1 Å². The first-order valence-electron chi connectivity index (χ1n) is 7.45. The number of nitrogens with zero attached hydrogens (tertiary/aromatic N) is 4. The maximum Gasteiger partial charge on any atom is 0.270 e. The zero-order valence-corrected chi connectivity index (χ0v) is 14.3. The molecule has 9 heteroatoms. The van der Waals surface area contributed by atoms with Gasteiger partial charge in [-0.1, -0.05) is 0 Å². The van der Waals surface area contributed by atoms with E-state index in [1.807, 2.05) is 11.5 Å². The number of nitro benzene ring substituents is 1. The SMILES string of the molecule is CCn1c(Sc2ccc([N+](=O)[O-])cc2C(C)=O)nnc1-c1ccco1. The largest absolute Gasteiger partial charge is 0.461 e. The van der Waals surface area contributed by atoms with E-state index in [9.17, 15) is 14.9 Å². The summed E-state index contributed by atoms with van der Waals surface area (Å²) in [4.78, 5) is 22.9. The minimum Gasteiger partial charge on any atom is -0.461 e. The van der Waals surface area contributed by atoms with Crippen LogP contribution in [0.5, 0.6) is 0 Å². The number of Topliss-reactive ketones (excluding diaryl/α,β-unsaturated/α-hetero) is 1. The van der Waals surface area contributed by atoms with Gasteiger partial charge in [0, 0.05) is 29.1 Å². The summed E-state index contributed by atoms with van der Waals surface area (Å²) in [5, 5.41) is 19.8. The van der Waals surface area contributed by atoms with E-state index in [0.29, 0.717) is 28.2 Å². The standard InChI is InChI=1S/C16H14N4O4S/c1-3-19-15(13-5-4-8-24-13)17-18-16(19)25-14-7-6-11(20(22)23)9-12(14)10(2)21/h4-9H,3H2,1-2H3. The van der Waals surface area contributed by atoms with Gasteiger partial charge < -0.3 is 4.42 Å². The Morgan fingerprint density at radius 1 is 1.36 bits per heavy atom. The van der Waals surface area contributed by atoms with Crippen LogP contribution in [0.1, 0.15) is 24.2 Å². The van der Waals surface area contributed by atoms with Gasteiger partial charge in [-0.25, -0.2) is 0 Å². The molecule has 128 valence electrons. The number of hydrogen-bond donors (Lipinski definition) is 0. The highest BCUT2D eigenvalue weighted by atomic mass is 32.2. The van der Waals surface area contributed by atoms with E-state index >= 15 is 0 Å². The minimum atomic E-state index is -0.523. The van der Waals surface area contributed by atoms with Crippen molar-refractivity contribution in [3.05, 3.63) is 52.3 Å². The van der Waals surface area contributed by atoms with Crippen molar-refractivity contribution in [1.82, 2.24) is 14.8 Å². The second-order valence-corrected chi connectivity index (χ2v) is 6.13. The number of hydrogen-bond acceptors (Lipinski definition) is 7. The number of aromatic nitrogens is 3. The predicted octanol–water partition coefficient (Wildman–Crippen LogP) is 3.82. The fourth-order valence-electron chi connectivity index (χ4n) is 2.33. The maximum absolute atomic E-state index is 11.9. The Bertz CT molecular complexity index is 934. The fraction of sp³-hybridized carbons (Fsp3) is 0.188. The third-order valence-electron chi connectivity index (χ3n) is 3.53. The predicted molar refractivity (Wildman–Crippen MR) is 90.6 cm³/mol. The van der Waals surface area contributed by atoms with Crippen molar-refractivity contribution in [1.29, 1.82) is 0 Å². The lowest BCUT2D eigenvalue weighted by atomic mass is 10.1. The molecule has 0 saturated carbocycles. The Hall–Kier alpha value is -2.94. The Balaban J connectivity index is 2.00. The Kier molecular flexibility index (Phi) is 4.66. The highest BCUT2D eigenvalue weighted by molar-refractivity contribution is 7.99. The molecule has 0 aliphatic carbocycles. The summed E-state index contributed by atoms with van der Waals surface area (Å²) >= 11 is 1.24. The molecule has 0 fully saturated rings. The summed E-state index contributed by atoms with van der Waals surface area (Å²) in [7, 11) is 0. The van der Waals surface area contributed by atoms with E-state index in [-0.39, 0.29) is 17.0 Å². The van der Waals surface area contributed by atoms with Crippen molar-refractivity contribution in [2.24, 2.45) is 0 Å². The first-order chi connectivity index (χ1) is 12.0. The molecule has 0 unspecified atom stereocenters. The number of carbonyl (C=O) groups is 1. The van der Waals surface area contributed by atoms with E-state index in [0.717, 1.165) is 0 Å². The summed E-state index contributed by atoms with van der Waals surface area (Å²) < 4.78 is 7.22. The molecule has 0 amide bonds. The van der Waals surface area contributed by atoms with Crippen LogP contribution in [0.4, 0.5) is 5.69 Å². The normalized spacial score (nSPS) is 10.8. The zero-order valence-electron chi connectivity index (χ0n) is 13.5. The number of benzene rings is 1. The minimum absolute atomic E-state index is 0.122. The number of carbonyl (C=O) groups excluding carboxylic acids is 1. The van der Waals surface area contributed by atoms with Crippen LogP contribution in [0.3, 0.4) is 0 Å². The van der Waals surface area contributed by atoms with Gasteiger partial charge in [0.15, 0.2) is 22.5 Å². The van der Waals surface area contributed by atoms with E-state index < -0.39 is 4.92 Å². The average molecular weight is 358 g/mol. The second kappa shape index (κ2) is 6.89.